The zero-order chi connectivity index (χ0) is 15.0. The molecule has 2 N–H and O–H groups in total. The van der Waals surface area contributed by atoms with E-state index in [4.69, 9.17) is 4.74 Å². The Labute approximate surface area is 121 Å². The highest BCUT2D eigenvalue weighted by atomic mass is 16.5. The fourth-order valence-corrected chi connectivity index (χ4v) is 2.03. The predicted octanol–water partition coefficient (Wildman–Crippen LogP) is 1.02. The van der Waals surface area contributed by atoms with E-state index in [1.54, 1.807) is 7.11 Å². The third-order valence-electron chi connectivity index (χ3n) is 3.10. The fourth-order valence-electron chi connectivity index (χ4n) is 2.03. The number of nitrogens with one attached hydrogen (secondary N) is 2. The predicted molar refractivity (Wildman–Crippen MR) is 81.0 cm³/mol. The van der Waals surface area contributed by atoms with E-state index in [0.717, 1.165) is 11.3 Å². The topological polar surface area (TPSA) is 53.6 Å². The number of hydrogen-bond acceptors (Lipinski definition) is 4. The van der Waals surface area contributed by atoms with E-state index >= 15 is 0 Å². The van der Waals surface area contributed by atoms with Crippen molar-refractivity contribution in [2.24, 2.45) is 0 Å². The minimum atomic E-state index is 0.0237. The number of amides is 1. The van der Waals surface area contributed by atoms with Crippen LogP contribution in [0.3, 0.4) is 0 Å². The van der Waals surface area contributed by atoms with Crippen LogP contribution in [-0.2, 0) is 4.79 Å². The number of likely N-dealkylation sites (N-methyl/N-ethyl adjacent to an activating group) is 2. The van der Waals surface area contributed by atoms with Crippen LogP contribution in [0.15, 0.2) is 24.3 Å². The molecule has 1 unspecified atom stereocenters. The molecule has 1 atom stereocenters. The lowest BCUT2D eigenvalue weighted by atomic mass is 10.1. The van der Waals surface area contributed by atoms with Crippen LogP contribution in [0.2, 0.25) is 0 Å². The van der Waals surface area contributed by atoms with Gasteiger partial charge in [-0.2, -0.15) is 0 Å². The van der Waals surface area contributed by atoms with Crippen molar-refractivity contribution in [3.05, 3.63) is 29.8 Å². The number of methoxy groups -OCH3 is 1. The summed E-state index contributed by atoms with van der Waals surface area (Å²) in [7, 11) is 5.72. The van der Waals surface area contributed by atoms with Crippen LogP contribution < -0.4 is 15.4 Å². The second-order valence-corrected chi connectivity index (χ2v) is 4.84. The van der Waals surface area contributed by atoms with Gasteiger partial charge >= 0.3 is 0 Å². The average molecular weight is 279 g/mol. The number of ether oxygens (including phenoxy) is 1. The van der Waals surface area contributed by atoms with E-state index in [0.29, 0.717) is 19.6 Å². The molecule has 0 spiro atoms. The minimum absolute atomic E-state index is 0.0237. The van der Waals surface area contributed by atoms with E-state index in [1.165, 1.54) is 0 Å². The fraction of sp³-hybridized carbons (Fsp3) is 0.533. The van der Waals surface area contributed by atoms with Crippen LogP contribution in [-0.4, -0.2) is 51.6 Å². The molecule has 1 aromatic carbocycles. The van der Waals surface area contributed by atoms with E-state index < -0.39 is 0 Å². The van der Waals surface area contributed by atoms with Gasteiger partial charge in [-0.3, -0.25) is 4.79 Å². The molecule has 5 heteroatoms. The van der Waals surface area contributed by atoms with Gasteiger partial charge in [-0.25, -0.2) is 0 Å². The minimum Gasteiger partial charge on any atom is -0.497 e. The van der Waals surface area contributed by atoms with E-state index in [9.17, 15) is 4.79 Å². The van der Waals surface area contributed by atoms with Gasteiger partial charge in [0.2, 0.25) is 5.91 Å². The van der Waals surface area contributed by atoms with Crippen molar-refractivity contribution in [1.82, 2.24) is 15.5 Å². The Balaban J connectivity index is 2.62. The number of nitrogens with zero attached hydrogens (tertiary/aromatic N) is 1. The third kappa shape index (κ3) is 5.19. The molecule has 1 amide bonds. The standard InChI is InChI=1S/C15H25N3O2/c1-5-17-15(19)11-16-10-14(18(2)3)12-7-6-8-13(9-12)20-4/h6-9,14,16H,5,10-11H2,1-4H3,(H,17,19). The first-order valence-electron chi connectivity index (χ1n) is 6.86. The van der Waals surface area contributed by atoms with E-state index in [1.807, 2.05) is 39.2 Å². The molecular formula is C15H25N3O2. The lowest BCUT2D eigenvalue weighted by Gasteiger charge is -2.25. The Kier molecular flexibility index (Phi) is 7.04. The molecule has 1 rings (SSSR count). The largest absolute Gasteiger partial charge is 0.497 e. The Morgan fingerprint density at radius 1 is 1.40 bits per heavy atom. The first-order valence-corrected chi connectivity index (χ1v) is 6.86. The summed E-state index contributed by atoms with van der Waals surface area (Å²) in [4.78, 5) is 13.5. The summed E-state index contributed by atoms with van der Waals surface area (Å²) < 4.78 is 5.26. The summed E-state index contributed by atoms with van der Waals surface area (Å²) in [6, 6.07) is 8.20. The van der Waals surface area contributed by atoms with Crippen molar-refractivity contribution < 1.29 is 9.53 Å². The molecule has 0 fully saturated rings. The number of carbonyl (C=O) groups excluding carboxylic acids is 1. The number of benzene rings is 1. The van der Waals surface area contributed by atoms with E-state index in [-0.39, 0.29) is 11.9 Å². The van der Waals surface area contributed by atoms with Crippen LogP contribution in [0.4, 0.5) is 0 Å². The Morgan fingerprint density at radius 3 is 2.75 bits per heavy atom. The maximum absolute atomic E-state index is 11.4. The molecule has 1 aromatic rings. The normalized spacial score (nSPS) is 12.2. The summed E-state index contributed by atoms with van der Waals surface area (Å²) in [5.74, 6) is 0.869. The second-order valence-electron chi connectivity index (χ2n) is 4.84. The maximum atomic E-state index is 11.4. The first-order chi connectivity index (χ1) is 9.58. The Hall–Kier alpha value is -1.59. The molecule has 0 radical (unpaired) electrons. The summed E-state index contributed by atoms with van der Waals surface area (Å²) in [5.41, 5.74) is 1.16. The first kappa shape index (κ1) is 16.5. The van der Waals surface area contributed by atoms with Crippen LogP contribution in [0.5, 0.6) is 5.75 Å². The number of rotatable bonds is 8. The molecule has 0 aliphatic rings. The Morgan fingerprint density at radius 2 is 2.15 bits per heavy atom. The highest BCUT2D eigenvalue weighted by Gasteiger charge is 2.14. The summed E-state index contributed by atoms with van der Waals surface area (Å²) in [5, 5.41) is 5.96. The van der Waals surface area contributed by atoms with Gasteiger partial charge in [-0.1, -0.05) is 12.1 Å². The van der Waals surface area contributed by atoms with Crippen molar-refractivity contribution in [1.29, 1.82) is 0 Å². The summed E-state index contributed by atoms with van der Waals surface area (Å²) >= 11 is 0. The van der Waals surface area contributed by atoms with Crippen LogP contribution in [0.1, 0.15) is 18.5 Å². The molecular weight excluding hydrogens is 254 g/mol. The lowest BCUT2D eigenvalue weighted by molar-refractivity contribution is -0.120. The van der Waals surface area contributed by atoms with Gasteiger partial charge in [0.05, 0.1) is 13.7 Å². The van der Waals surface area contributed by atoms with Crippen LogP contribution in [0.25, 0.3) is 0 Å². The molecule has 112 valence electrons. The molecule has 20 heavy (non-hydrogen) atoms. The average Bonchev–Trinajstić information content (AvgIpc) is 2.43. The monoisotopic (exact) mass is 279 g/mol. The number of hydrogen-bond donors (Lipinski definition) is 2. The van der Waals surface area contributed by atoms with Crippen molar-refractivity contribution in [2.75, 3.05) is 40.8 Å². The van der Waals surface area contributed by atoms with Gasteiger partial charge in [-0.15, -0.1) is 0 Å². The quantitative estimate of drug-likeness (QED) is 0.746. The molecule has 0 heterocycles. The maximum Gasteiger partial charge on any atom is 0.233 e. The summed E-state index contributed by atoms with van der Waals surface area (Å²) in [6.45, 7) is 3.61. The molecule has 0 saturated heterocycles. The van der Waals surface area contributed by atoms with Gasteiger partial charge in [0.25, 0.3) is 0 Å². The van der Waals surface area contributed by atoms with Gasteiger partial charge in [0, 0.05) is 19.1 Å². The molecule has 0 aliphatic carbocycles. The smallest absolute Gasteiger partial charge is 0.233 e. The summed E-state index contributed by atoms with van der Waals surface area (Å²) in [6.07, 6.45) is 0. The molecule has 0 saturated carbocycles. The van der Waals surface area contributed by atoms with E-state index in [2.05, 4.69) is 21.6 Å². The molecule has 0 bridgehead atoms. The molecule has 5 nitrogen and oxygen atoms in total. The van der Waals surface area contributed by atoms with Crippen LogP contribution in [0, 0.1) is 0 Å². The second kappa shape index (κ2) is 8.55. The lowest BCUT2D eigenvalue weighted by Crippen LogP contribution is -2.38. The van der Waals surface area contributed by atoms with Crippen molar-refractivity contribution in [3.8, 4) is 5.75 Å². The van der Waals surface area contributed by atoms with Gasteiger partial charge in [0.15, 0.2) is 0 Å². The highest BCUT2D eigenvalue weighted by molar-refractivity contribution is 5.77. The van der Waals surface area contributed by atoms with Crippen molar-refractivity contribution >= 4 is 5.91 Å². The Bertz CT molecular complexity index is 421. The molecule has 0 aliphatic heterocycles. The SMILES string of the molecule is CCNC(=O)CNCC(c1cccc(OC)c1)N(C)C. The van der Waals surface area contributed by atoms with Crippen molar-refractivity contribution in [3.63, 3.8) is 0 Å². The highest BCUT2D eigenvalue weighted by Crippen LogP contribution is 2.21. The van der Waals surface area contributed by atoms with Gasteiger partial charge in [-0.05, 0) is 38.7 Å². The van der Waals surface area contributed by atoms with Crippen LogP contribution >= 0.6 is 0 Å². The van der Waals surface area contributed by atoms with Gasteiger partial charge < -0.3 is 20.3 Å². The van der Waals surface area contributed by atoms with Crippen molar-refractivity contribution in [2.45, 2.75) is 13.0 Å². The van der Waals surface area contributed by atoms with Gasteiger partial charge in [0.1, 0.15) is 5.75 Å². The molecule has 0 aromatic heterocycles. The third-order valence-corrected chi connectivity index (χ3v) is 3.10. The zero-order valence-corrected chi connectivity index (χ0v) is 12.8. The number of carbonyl (C=O) groups is 1. The zero-order valence-electron chi connectivity index (χ0n) is 12.8.